The third-order valence-electron chi connectivity index (χ3n) is 3.85. The zero-order valence-corrected chi connectivity index (χ0v) is 17.5. The maximum Gasteiger partial charge on any atom is 0.273 e. The van der Waals surface area contributed by atoms with Crippen LogP contribution in [0.1, 0.15) is 6.92 Å². The minimum absolute atomic E-state index is 0.0413. The monoisotopic (exact) mass is 425 g/mol. The fraction of sp³-hybridized carbons (Fsp3) is 0.333. The lowest BCUT2D eigenvalue weighted by molar-refractivity contribution is -0.136. The molecular formula is C18H23N3O5S2. The number of benzene rings is 1. The second-order valence-corrected chi connectivity index (χ2v) is 9.03. The summed E-state index contributed by atoms with van der Waals surface area (Å²) in [6.45, 7) is 2.04. The second kappa shape index (κ2) is 9.56. The summed E-state index contributed by atoms with van der Waals surface area (Å²) in [4.78, 5) is 24.8. The number of carbonyl (C=O) groups is 2. The lowest BCUT2D eigenvalue weighted by Crippen LogP contribution is -2.40. The third kappa shape index (κ3) is 5.46. The molecule has 0 aliphatic carbocycles. The molecule has 0 bridgehead atoms. The van der Waals surface area contributed by atoms with E-state index >= 15 is 0 Å². The Kier molecular flexibility index (Phi) is 7.41. The number of anilines is 1. The van der Waals surface area contributed by atoms with Crippen LogP contribution in [0.5, 0.6) is 5.75 Å². The average molecular weight is 426 g/mol. The first-order valence-corrected chi connectivity index (χ1v) is 10.8. The summed E-state index contributed by atoms with van der Waals surface area (Å²) in [5.41, 5.74) is 0.473. The highest BCUT2D eigenvalue weighted by Gasteiger charge is 2.22. The van der Waals surface area contributed by atoms with Crippen molar-refractivity contribution in [2.75, 3.05) is 38.1 Å². The number of amides is 2. The number of ether oxygens (including phenoxy) is 1. The fourth-order valence-electron chi connectivity index (χ4n) is 2.25. The smallest absolute Gasteiger partial charge is 0.273 e. The van der Waals surface area contributed by atoms with Gasteiger partial charge in [-0.3, -0.25) is 13.9 Å². The largest absolute Gasteiger partial charge is 0.484 e. The number of nitrogens with one attached hydrogen (secondary N) is 1. The SMILES string of the molecule is CCNC(=O)CN(C)C(=O)COc1ccc(N(C)S(=O)(=O)c2cccs2)cc1. The lowest BCUT2D eigenvalue weighted by atomic mass is 10.3. The van der Waals surface area contributed by atoms with Gasteiger partial charge in [0.15, 0.2) is 6.61 Å². The molecule has 0 aliphatic heterocycles. The zero-order chi connectivity index (χ0) is 20.7. The maximum atomic E-state index is 12.5. The summed E-state index contributed by atoms with van der Waals surface area (Å²) in [5.74, 6) is -0.157. The lowest BCUT2D eigenvalue weighted by Gasteiger charge is -2.19. The number of rotatable bonds is 9. The minimum Gasteiger partial charge on any atom is -0.484 e. The van der Waals surface area contributed by atoms with E-state index in [0.29, 0.717) is 18.0 Å². The Balaban J connectivity index is 1.94. The van der Waals surface area contributed by atoms with E-state index < -0.39 is 10.0 Å². The molecule has 1 heterocycles. The quantitative estimate of drug-likeness (QED) is 0.658. The highest BCUT2D eigenvalue weighted by molar-refractivity contribution is 7.94. The van der Waals surface area contributed by atoms with Crippen LogP contribution in [0, 0.1) is 0 Å². The van der Waals surface area contributed by atoms with Crippen molar-refractivity contribution < 1.29 is 22.7 Å². The van der Waals surface area contributed by atoms with Crippen LogP contribution >= 0.6 is 11.3 Å². The molecule has 0 radical (unpaired) electrons. The van der Waals surface area contributed by atoms with Crippen LogP contribution < -0.4 is 14.4 Å². The molecule has 0 saturated carbocycles. The number of nitrogens with zero attached hydrogens (tertiary/aromatic N) is 2. The Bertz CT molecular complexity index is 896. The first kappa shape index (κ1) is 21.7. The molecule has 2 rings (SSSR count). The van der Waals surface area contributed by atoms with Gasteiger partial charge in [-0.1, -0.05) is 6.07 Å². The fourth-order valence-corrected chi connectivity index (χ4v) is 4.60. The highest BCUT2D eigenvalue weighted by atomic mass is 32.2. The van der Waals surface area contributed by atoms with Gasteiger partial charge in [-0.05, 0) is 42.6 Å². The molecule has 0 fully saturated rings. The Morgan fingerprint density at radius 2 is 1.82 bits per heavy atom. The summed E-state index contributed by atoms with van der Waals surface area (Å²) in [6, 6.07) is 9.62. The van der Waals surface area contributed by atoms with Gasteiger partial charge in [-0.2, -0.15) is 0 Å². The molecule has 0 saturated heterocycles. The molecule has 0 aliphatic rings. The topological polar surface area (TPSA) is 96.0 Å². The molecule has 1 aromatic carbocycles. The molecular weight excluding hydrogens is 402 g/mol. The molecule has 0 atom stereocenters. The van der Waals surface area contributed by atoms with Gasteiger partial charge < -0.3 is 15.0 Å². The van der Waals surface area contributed by atoms with Crippen LogP contribution in [0.2, 0.25) is 0 Å². The molecule has 152 valence electrons. The number of thiophene rings is 1. The van der Waals surface area contributed by atoms with E-state index in [0.717, 1.165) is 11.3 Å². The van der Waals surface area contributed by atoms with Crippen molar-refractivity contribution in [2.45, 2.75) is 11.1 Å². The number of likely N-dealkylation sites (N-methyl/N-ethyl adjacent to an activating group) is 2. The van der Waals surface area contributed by atoms with Crippen LogP contribution in [-0.2, 0) is 19.6 Å². The van der Waals surface area contributed by atoms with Crippen molar-refractivity contribution >= 4 is 38.9 Å². The second-order valence-electron chi connectivity index (χ2n) is 5.89. The summed E-state index contributed by atoms with van der Waals surface area (Å²) in [5, 5.41) is 4.32. The Hall–Kier alpha value is -2.59. The molecule has 8 nitrogen and oxygen atoms in total. The normalized spacial score (nSPS) is 11.0. The van der Waals surface area contributed by atoms with Crippen LogP contribution in [0.3, 0.4) is 0 Å². The molecule has 0 unspecified atom stereocenters. The van der Waals surface area contributed by atoms with Crippen LogP contribution in [-0.4, -0.2) is 58.9 Å². The van der Waals surface area contributed by atoms with Gasteiger partial charge >= 0.3 is 0 Å². The molecule has 10 heteroatoms. The summed E-state index contributed by atoms with van der Waals surface area (Å²) >= 11 is 1.15. The Morgan fingerprint density at radius 3 is 2.39 bits per heavy atom. The van der Waals surface area contributed by atoms with Crippen molar-refractivity contribution in [1.82, 2.24) is 10.2 Å². The van der Waals surface area contributed by atoms with Crippen molar-refractivity contribution in [3.05, 3.63) is 41.8 Å². The van der Waals surface area contributed by atoms with Gasteiger partial charge in [0.1, 0.15) is 9.96 Å². The number of carbonyl (C=O) groups excluding carboxylic acids is 2. The standard InChI is InChI=1S/C18H23N3O5S2/c1-4-19-16(22)12-20(2)17(23)13-26-15-9-7-14(8-10-15)21(3)28(24,25)18-6-5-11-27-18/h5-11H,4,12-13H2,1-3H3,(H,19,22). The summed E-state index contributed by atoms with van der Waals surface area (Å²) in [6.07, 6.45) is 0. The van der Waals surface area contributed by atoms with Crippen LogP contribution in [0.4, 0.5) is 5.69 Å². The van der Waals surface area contributed by atoms with Crippen molar-refractivity contribution in [2.24, 2.45) is 0 Å². The first-order chi connectivity index (χ1) is 13.3. The van der Waals surface area contributed by atoms with Crippen LogP contribution in [0.15, 0.2) is 46.0 Å². The molecule has 1 N–H and O–H groups in total. The molecule has 28 heavy (non-hydrogen) atoms. The molecule has 2 aromatic rings. The van der Waals surface area contributed by atoms with Gasteiger partial charge in [0, 0.05) is 20.6 Å². The van der Waals surface area contributed by atoms with Crippen molar-refractivity contribution in [3.63, 3.8) is 0 Å². The Morgan fingerprint density at radius 1 is 1.14 bits per heavy atom. The number of hydrogen-bond donors (Lipinski definition) is 1. The van der Waals surface area contributed by atoms with Gasteiger partial charge in [0.25, 0.3) is 15.9 Å². The van der Waals surface area contributed by atoms with Gasteiger partial charge in [-0.15, -0.1) is 11.3 Å². The number of hydrogen-bond acceptors (Lipinski definition) is 6. The number of sulfonamides is 1. The van der Waals surface area contributed by atoms with E-state index in [1.807, 2.05) is 0 Å². The van der Waals surface area contributed by atoms with E-state index in [4.69, 9.17) is 4.74 Å². The molecule has 0 spiro atoms. The first-order valence-electron chi connectivity index (χ1n) is 8.51. The van der Waals surface area contributed by atoms with Gasteiger partial charge in [0.05, 0.1) is 12.2 Å². The van der Waals surface area contributed by atoms with Crippen molar-refractivity contribution in [1.29, 1.82) is 0 Å². The zero-order valence-electron chi connectivity index (χ0n) is 15.9. The maximum absolute atomic E-state index is 12.5. The van der Waals surface area contributed by atoms with Crippen LogP contribution in [0.25, 0.3) is 0 Å². The predicted molar refractivity (Wildman–Crippen MR) is 108 cm³/mol. The van der Waals surface area contributed by atoms with E-state index in [2.05, 4.69) is 5.32 Å². The Labute approximate surface area is 168 Å². The molecule has 1 aromatic heterocycles. The summed E-state index contributed by atoms with van der Waals surface area (Å²) in [7, 11) is -0.603. The predicted octanol–water partition coefficient (Wildman–Crippen LogP) is 1.55. The van der Waals surface area contributed by atoms with Crippen molar-refractivity contribution in [3.8, 4) is 5.75 Å². The highest BCUT2D eigenvalue weighted by Crippen LogP contribution is 2.26. The van der Waals surface area contributed by atoms with Gasteiger partial charge in [0.2, 0.25) is 5.91 Å². The average Bonchev–Trinajstić information content (AvgIpc) is 3.21. The summed E-state index contributed by atoms with van der Waals surface area (Å²) < 4.78 is 31.9. The van der Waals surface area contributed by atoms with E-state index in [9.17, 15) is 18.0 Å². The van der Waals surface area contributed by atoms with E-state index in [1.165, 1.54) is 23.3 Å². The minimum atomic E-state index is -3.60. The van der Waals surface area contributed by atoms with E-state index in [-0.39, 0.29) is 29.2 Å². The van der Waals surface area contributed by atoms with E-state index in [1.54, 1.807) is 48.7 Å². The third-order valence-corrected chi connectivity index (χ3v) is 7.01. The molecule has 2 amide bonds. The van der Waals surface area contributed by atoms with Gasteiger partial charge in [-0.25, -0.2) is 8.42 Å².